The Bertz CT molecular complexity index is 1810. The highest BCUT2D eigenvalue weighted by Gasteiger charge is 2.34. The van der Waals surface area contributed by atoms with E-state index in [0.29, 0.717) is 86.9 Å². The summed E-state index contributed by atoms with van der Waals surface area (Å²) in [4.78, 5) is 51.6. The van der Waals surface area contributed by atoms with E-state index in [9.17, 15) is 19.2 Å². The number of esters is 4. The minimum atomic E-state index is -0.354. The molecule has 0 atom stereocenters. The topological polar surface area (TPSA) is 105 Å². The zero-order chi connectivity index (χ0) is 32.9. The lowest BCUT2D eigenvalue weighted by Crippen LogP contribution is -2.30. The van der Waals surface area contributed by atoms with Crippen molar-refractivity contribution in [3.8, 4) is 23.0 Å². The number of carbonyl (C=O) groups excluding carboxylic acids is 4. The number of aryl methyl sites for hydroxylation is 1. The smallest absolute Gasteiger partial charge is 0.314 e. The van der Waals surface area contributed by atoms with Crippen molar-refractivity contribution in [2.24, 2.45) is 23.7 Å². The Labute approximate surface area is 285 Å². The normalized spacial score (nSPS) is 21.0. The Morgan fingerprint density at radius 2 is 0.894 bits per heavy atom. The van der Waals surface area contributed by atoms with Gasteiger partial charge in [-0.05, 0) is 94.7 Å². The first-order chi connectivity index (χ1) is 22.7. The molecule has 2 fully saturated rings. The minimum absolute atomic E-state index is 0.260. The number of benzene rings is 3. The van der Waals surface area contributed by atoms with Gasteiger partial charge in [-0.1, -0.05) is 48.1 Å². The third kappa shape index (κ3) is 8.14. The number of fused-ring (bicyclic) bond motifs is 1. The van der Waals surface area contributed by atoms with Crippen molar-refractivity contribution in [2.75, 3.05) is 0 Å². The summed E-state index contributed by atoms with van der Waals surface area (Å²) in [5.74, 6) is -0.666. The van der Waals surface area contributed by atoms with Gasteiger partial charge < -0.3 is 18.9 Å². The van der Waals surface area contributed by atoms with Crippen LogP contribution >= 0.6 is 34.9 Å². The second-order valence-corrected chi connectivity index (χ2v) is 15.3. The molecule has 0 amide bonds. The van der Waals surface area contributed by atoms with Gasteiger partial charge in [0.15, 0.2) is 0 Å². The van der Waals surface area contributed by atoms with Crippen molar-refractivity contribution in [3.63, 3.8) is 0 Å². The molecule has 0 unspecified atom stereocenters. The average molecular weight is 691 g/mol. The SMILES string of the molecule is Cc1ccc(OC(=O)C2CCC(C(=O)Oc3ccc(OC(=O)C4CCC(C(=O)Oc5ccccc5)CC4)c4sc(=S)sc34)CC2)cc1. The van der Waals surface area contributed by atoms with Gasteiger partial charge in [-0.3, -0.25) is 19.2 Å². The molecule has 1 aromatic heterocycles. The van der Waals surface area contributed by atoms with Gasteiger partial charge in [-0.15, -0.1) is 22.7 Å². The molecule has 2 saturated carbocycles. The molecule has 47 heavy (non-hydrogen) atoms. The van der Waals surface area contributed by atoms with Crippen LogP contribution in [0.15, 0.2) is 66.7 Å². The van der Waals surface area contributed by atoms with Gasteiger partial charge in [0.25, 0.3) is 0 Å². The highest BCUT2D eigenvalue weighted by atomic mass is 32.2. The van der Waals surface area contributed by atoms with E-state index in [4.69, 9.17) is 31.2 Å². The Hall–Kier alpha value is -3.93. The summed E-state index contributed by atoms with van der Waals surface area (Å²) >= 11 is 8.07. The molecule has 11 heteroatoms. The standard InChI is InChI=1S/C36H34O8S3/c1-21-7-17-27(18-8-21)42-33(38)23-11-15-25(16-12-23)35(40)44-29-20-19-28(30-31(29)47-36(45)46-30)43-34(39)24-13-9-22(10-14-24)32(37)41-26-5-3-2-4-6-26/h2-8,17-20,22-25H,9-16H2,1H3. The van der Waals surface area contributed by atoms with Gasteiger partial charge in [0, 0.05) is 0 Å². The highest BCUT2D eigenvalue weighted by molar-refractivity contribution is 7.77. The third-order valence-electron chi connectivity index (χ3n) is 8.82. The number of para-hydroxylation sites is 1. The molecular weight excluding hydrogens is 657 g/mol. The number of hydrogen-bond acceptors (Lipinski definition) is 11. The van der Waals surface area contributed by atoms with E-state index >= 15 is 0 Å². The van der Waals surface area contributed by atoms with Crippen LogP contribution < -0.4 is 18.9 Å². The fourth-order valence-electron chi connectivity index (χ4n) is 6.07. The molecule has 244 valence electrons. The van der Waals surface area contributed by atoms with E-state index in [1.165, 1.54) is 22.7 Å². The van der Waals surface area contributed by atoms with Crippen LogP contribution in [0.4, 0.5) is 0 Å². The van der Waals surface area contributed by atoms with Crippen molar-refractivity contribution in [2.45, 2.75) is 58.3 Å². The lowest BCUT2D eigenvalue weighted by molar-refractivity contribution is -0.145. The van der Waals surface area contributed by atoms with E-state index < -0.39 is 0 Å². The van der Waals surface area contributed by atoms with Crippen LogP contribution in [0.25, 0.3) is 9.40 Å². The lowest BCUT2D eigenvalue weighted by atomic mass is 9.82. The molecule has 0 N–H and O–H groups in total. The number of ether oxygens (including phenoxy) is 4. The second kappa shape index (κ2) is 14.9. The summed E-state index contributed by atoms with van der Waals surface area (Å²) < 4.78 is 24.7. The molecule has 6 rings (SSSR count). The summed E-state index contributed by atoms with van der Waals surface area (Å²) in [5, 5.41) is 0. The van der Waals surface area contributed by atoms with Gasteiger partial charge in [0.05, 0.1) is 33.1 Å². The first kappa shape index (κ1) is 33.0. The summed E-state index contributed by atoms with van der Waals surface area (Å²) in [5.41, 5.74) is 1.09. The first-order valence-corrected chi connectivity index (χ1v) is 17.8. The quantitative estimate of drug-likeness (QED) is 0.102. The molecule has 0 bridgehead atoms. The molecule has 0 spiro atoms. The van der Waals surface area contributed by atoms with E-state index in [2.05, 4.69) is 0 Å². The summed E-state index contributed by atoms with van der Waals surface area (Å²) in [6.45, 7) is 1.97. The van der Waals surface area contributed by atoms with E-state index in [1.54, 1.807) is 36.4 Å². The maximum absolute atomic E-state index is 13.2. The van der Waals surface area contributed by atoms with Crippen molar-refractivity contribution >= 4 is 68.2 Å². The Kier molecular flexibility index (Phi) is 10.4. The average Bonchev–Trinajstić information content (AvgIpc) is 3.49. The van der Waals surface area contributed by atoms with Gasteiger partial charge in [-0.25, -0.2) is 0 Å². The van der Waals surface area contributed by atoms with E-state index in [0.717, 1.165) is 5.56 Å². The van der Waals surface area contributed by atoms with Crippen LogP contribution in [-0.4, -0.2) is 23.9 Å². The van der Waals surface area contributed by atoms with Gasteiger partial charge in [0.2, 0.25) is 0 Å². The minimum Gasteiger partial charge on any atom is -0.426 e. The molecule has 0 aliphatic heterocycles. The molecule has 4 aromatic rings. The molecular formula is C36H34O8S3. The fraction of sp³-hybridized carbons (Fsp3) is 0.361. The summed E-state index contributed by atoms with van der Waals surface area (Å²) in [7, 11) is 0. The van der Waals surface area contributed by atoms with Crippen molar-refractivity contribution in [1.82, 2.24) is 0 Å². The summed E-state index contributed by atoms with van der Waals surface area (Å²) in [6, 6.07) is 19.6. The zero-order valence-corrected chi connectivity index (χ0v) is 28.3. The number of carbonyl (C=O) groups is 4. The zero-order valence-electron chi connectivity index (χ0n) is 25.8. The number of rotatable bonds is 8. The molecule has 2 aliphatic rings. The second-order valence-electron chi connectivity index (χ2n) is 12.1. The van der Waals surface area contributed by atoms with E-state index in [1.807, 2.05) is 37.3 Å². The van der Waals surface area contributed by atoms with Crippen LogP contribution in [0.1, 0.15) is 56.9 Å². The molecule has 2 aliphatic carbocycles. The van der Waals surface area contributed by atoms with Crippen LogP contribution in [0, 0.1) is 33.7 Å². The van der Waals surface area contributed by atoms with Crippen molar-refractivity contribution in [3.05, 3.63) is 75.4 Å². The molecule has 3 aromatic carbocycles. The highest BCUT2D eigenvalue weighted by Crippen LogP contribution is 2.43. The van der Waals surface area contributed by atoms with Crippen molar-refractivity contribution in [1.29, 1.82) is 0 Å². The van der Waals surface area contributed by atoms with Crippen molar-refractivity contribution < 1.29 is 38.1 Å². The van der Waals surface area contributed by atoms with E-state index in [-0.39, 0.29) is 47.5 Å². The summed E-state index contributed by atoms with van der Waals surface area (Å²) in [6.07, 6.45) is 4.28. The molecule has 8 nitrogen and oxygen atoms in total. The third-order valence-corrected chi connectivity index (χ3v) is 11.5. The predicted molar refractivity (Wildman–Crippen MR) is 182 cm³/mol. The molecule has 1 heterocycles. The maximum Gasteiger partial charge on any atom is 0.314 e. The van der Waals surface area contributed by atoms with Gasteiger partial charge in [-0.2, -0.15) is 0 Å². The van der Waals surface area contributed by atoms with Gasteiger partial charge in [0.1, 0.15) is 26.1 Å². The maximum atomic E-state index is 13.2. The Morgan fingerprint density at radius 1 is 0.532 bits per heavy atom. The monoisotopic (exact) mass is 690 g/mol. The Balaban J connectivity index is 1.02. The first-order valence-electron chi connectivity index (χ1n) is 15.8. The fourth-order valence-corrected chi connectivity index (χ4v) is 8.63. The molecule has 0 saturated heterocycles. The van der Waals surface area contributed by atoms with Crippen LogP contribution in [-0.2, 0) is 19.2 Å². The van der Waals surface area contributed by atoms with Crippen LogP contribution in [0.2, 0.25) is 0 Å². The lowest BCUT2D eigenvalue weighted by Gasteiger charge is -2.26. The molecule has 0 radical (unpaired) electrons. The number of hydrogen-bond donors (Lipinski definition) is 0. The van der Waals surface area contributed by atoms with Crippen LogP contribution in [0.3, 0.4) is 0 Å². The largest absolute Gasteiger partial charge is 0.426 e. The Morgan fingerprint density at radius 3 is 1.30 bits per heavy atom. The predicted octanol–water partition coefficient (Wildman–Crippen LogP) is 8.64. The van der Waals surface area contributed by atoms with Gasteiger partial charge >= 0.3 is 23.9 Å². The van der Waals surface area contributed by atoms with Crippen LogP contribution in [0.5, 0.6) is 23.0 Å².